The molecule has 10 heteroatoms. The first kappa shape index (κ1) is 24.3. The Balaban J connectivity index is 1.22. The molecule has 0 aliphatic rings. The molecule has 8 nitrogen and oxygen atoms in total. The lowest BCUT2D eigenvalue weighted by atomic mass is 10.1. The molecule has 0 fully saturated rings. The second-order valence-electron chi connectivity index (χ2n) is 8.13. The summed E-state index contributed by atoms with van der Waals surface area (Å²) in [7, 11) is 0. The minimum Gasteiger partial charge on any atom is -0.308 e. The Hall–Kier alpha value is -4.40. The molecular formula is C27H20Cl2N6O2. The van der Waals surface area contributed by atoms with Crippen LogP contribution in [0.5, 0.6) is 0 Å². The molecule has 0 spiro atoms. The topological polar surface area (TPSA) is 101 Å². The Morgan fingerprint density at radius 1 is 0.811 bits per heavy atom. The molecule has 0 aliphatic carbocycles. The number of nitrogens with one attached hydrogen (secondary N) is 3. The van der Waals surface area contributed by atoms with Crippen LogP contribution in [0.25, 0.3) is 10.9 Å². The Bertz CT molecular complexity index is 1610. The van der Waals surface area contributed by atoms with E-state index in [1.807, 2.05) is 30.3 Å². The van der Waals surface area contributed by atoms with Crippen LogP contribution in [0.3, 0.4) is 0 Å². The van der Waals surface area contributed by atoms with E-state index >= 15 is 0 Å². The van der Waals surface area contributed by atoms with Crippen LogP contribution in [-0.4, -0.2) is 26.7 Å². The average molecular weight is 531 g/mol. The van der Waals surface area contributed by atoms with Gasteiger partial charge in [-0.15, -0.1) is 0 Å². The van der Waals surface area contributed by atoms with Crippen LogP contribution in [0, 0.1) is 0 Å². The number of urea groups is 1. The molecule has 5 aromatic rings. The van der Waals surface area contributed by atoms with Gasteiger partial charge >= 0.3 is 6.03 Å². The fraction of sp³-hybridized carbons (Fsp3) is 0.0370. The molecule has 0 saturated carbocycles. The molecule has 3 aromatic carbocycles. The van der Waals surface area contributed by atoms with E-state index in [9.17, 15) is 9.59 Å². The number of aromatic nitrogens is 3. The molecule has 2 heterocycles. The van der Waals surface area contributed by atoms with Crippen LogP contribution in [0.15, 0.2) is 91.3 Å². The number of pyridine rings is 1. The lowest BCUT2D eigenvalue weighted by molar-refractivity contribution is 0.102. The van der Waals surface area contributed by atoms with E-state index in [4.69, 9.17) is 23.2 Å². The summed E-state index contributed by atoms with van der Waals surface area (Å²) in [5.74, 6) is 0.0551. The highest BCUT2D eigenvalue weighted by Crippen LogP contribution is 2.25. The summed E-state index contributed by atoms with van der Waals surface area (Å²) < 4.78 is 1.74. The van der Waals surface area contributed by atoms with Gasteiger partial charge < -0.3 is 16.0 Å². The van der Waals surface area contributed by atoms with Crippen molar-refractivity contribution in [1.29, 1.82) is 0 Å². The third-order valence-corrected chi connectivity index (χ3v) is 6.23. The Labute approximate surface area is 222 Å². The molecule has 3 N–H and O–H groups in total. The standard InChI is InChI=1S/C27H20Cl2N6O2/c28-22-10-9-21(15-23(22)29)32-27(37)31-20-8-2-5-18(14-20)26(36)33-24-11-13-35(34-24)16-19-6-1-4-17-7-3-12-30-25(17)19/h1-15H,16H2,(H2,31,32,37)(H,33,34,36). The van der Waals surface area contributed by atoms with E-state index in [0.29, 0.717) is 39.3 Å². The van der Waals surface area contributed by atoms with Gasteiger partial charge in [0.25, 0.3) is 5.91 Å². The first-order valence-electron chi connectivity index (χ1n) is 11.3. The van der Waals surface area contributed by atoms with Crippen LogP contribution in [0.1, 0.15) is 15.9 Å². The predicted octanol–water partition coefficient (Wildman–Crippen LogP) is 6.68. The summed E-state index contributed by atoms with van der Waals surface area (Å²) in [6, 6.07) is 22.5. The van der Waals surface area contributed by atoms with E-state index in [1.165, 1.54) is 0 Å². The smallest absolute Gasteiger partial charge is 0.308 e. The fourth-order valence-electron chi connectivity index (χ4n) is 3.78. The number of benzene rings is 3. The van der Waals surface area contributed by atoms with Crippen molar-refractivity contribution in [2.75, 3.05) is 16.0 Å². The molecule has 0 bridgehead atoms. The van der Waals surface area contributed by atoms with Crippen LogP contribution in [0.4, 0.5) is 22.0 Å². The molecule has 3 amide bonds. The molecule has 0 atom stereocenters. The van der Waals surface area contributed by atoms with Crippen molar-refractivity contribution in [1.82, 2.24) is 14.8 Å². The van der Waals surface area contributed by atoms with Crippen molar-refractivity contribution in [3.05, 3.63) is 112 Å². The number of halogens is 2. The normalized spacial score (nSPS) is 10.8. The van der Waals surface area contributed by atoms with Crippen molar-refractivity contribution in [3.63, 3.8) is 0 Å². The van der Waals surface area contributed by atoms with Gasteiger partial charge in [-0.05, 0) is 48.0 Å². The SMILES string of the molecule is O=C(Nc1cccc(C(=O)Nc2ccn(Cc3cccc4cccnc34)n2)c1)Nc1ccc(Cl)c(Cl)c1. The summed E-state index contributed by atoms with van der Waals surface area (Å²) in [5.41, 5.74) is 3.23. The maximum atomic E-state index is 12.8. The van der Waals surface area contributed by atoms with Crippen molar-refractivity contribution >= 4 is 63.2 Å². The van der Waals surface area contributed by atoms with Gasteiger partial charge in [0.15, 0.2) is 5.82 Å². The molecular weight excluding hydrogens is 511 g/mol. The summed E-state index contributed by atoms with van der Waals surface area (Å²) >= 11 is 11.9. The zero-order valence-corrected chi connectivity index (χ0v) is 20.8. The first-order chi connectivity index (χ1) is 17.9. The molecule has 37 heavy (non-hydrogen) atoms. The van der Waals surface area contributed by atoms with Crippen LogP contribution in [0.2, 0.25) is 10.0 Å². The number of fused-ring (bicyclic) bond motifs is 1. The molecule has 5 rings (SSSR count). The van der Waals surface area contributed by atoms with Crippen LogP contribution in [-0.2, 0) is 6.54 Å². The summed E-state index contributed by atoms with van der Waals surface area (Å²) in [5, 5.41) is 14.4. The lowest BCUT2D eigenvalue weighted by Gasteiger charge is -2.10. The highest BCUT2D eigenvalue weighted by atomic mass is 35.5. The molecule has 0 radical (unpaired) electrons. The number of hydrogen-bond donors (Lipinski definition) is 3. The fourth-order valence-corrected chi connectivity index (χ4v) is 4.08. The van der Waals surface area contributed by atoms with Gasteiger partial charge in [-0.25, -0.2) is 4.79 Å². The van der Waals surface area contributed by atoms with E-state index in [1.54, 1.807) is 65.6 Å². The Morgan fingerprint density at radius 3 is 2.43 bits per heavy atom. The first-order valence-corrected chi connectivity index (χ1v) is 12.0. The van der Waals surface area contributed by atoms with Crippen molar-refractivity contribution in [2.45, 2.75) is 6.54 Å². The third-order valence-electron chi connectivity index (χ3n) is 5.49. The molecule has 2 aromatic heterocycles. The minimum absolute atomic E-state index is 0.328. The molecule has 0 saturated heterocycles. The highest BCUT2D eigenvalue weighted by molar-refractivity contribution is 6.42. The maximum absolute atomic E-state index is 12.8. The van der Waals surface area contributed by atoms with Crippen LogP contribution >= 0.6 is 23.2 Å². The summed E-state index contributed by atoms with van der Waals surface area (Å²) in [6.07, 6.45) is 3.56. The van der Waals surface area contributed by atoms with Crippen molar-refractivity contribution in [3.8, 4) is 0 Å². The van der Waals surface area contributed by atoms with Gasteiger partial charge in [-0.1, -0.05) is 53.5 Å². The largest absolute Gasteiger partial charge is 0.323 e. The number of amides is 3. The van der Waals surface area contributed by atoms with E-state index in [2.05, 4.69) is 26.0 Å². The number of para-hydroxylation sites is 1. The lowest BCUT2D eigenvalue weighted by Crippen LogP contribution is -2.20. The van der Waals surface area contributed by atoms with Gasteiger partial charge in [-0.2, -0.15) is 5.10 Å². The van der Waals surface area contributed by atoms with Crippen LogP contribution < -0.4 is 16.0 Å². The summed E-state index contributed by atoms with van der Waals surface area (Å²) in [4.78, 5) is 29.7. The molecule has 184 valence electrons. The number of carbonyl (C=O) groups is 2. The average Bonchev–Trinajstić information content (AvgIpc) is 3.33. The second-order valence-corrected chi connectivity index (χ2v) is 8.95. The molecule has 0 aliphatic heterocycles. The van der Waals surface area contributed by atoms with Crippen molar-refractivity contribution in [2.24, 2.45) is 0 Å². The zero-order chi connectivity index (χ0) is 25.8. The highest BCUT2D eigenvalue weighted by Gasteiger charge is 2.11. The second kappa shape index (κ2) is 10.7. The zero-order valence-electron chi connectivity index (χ0n) is 19.3. The van der Waals surface area contributed by atoms with Crippen molar-refractivity contribution < 1.29 is 9.59 Å². The van der Waals surface area contributed by atoms with Gasteiger partial charge in [0.1, 0.15) is 0 Å². The summed E-state index contributed by atoms with van der Waals surface area (Å²) in [6.45, 7) is 0.511. The monoisotopic (exact) mass is 530 g/mol. The quantitative estimate of drug-likeness (QED) is 0.228. The minimum atomic E-state index is -0.488. The maximum Gasteiger partial charge on any atom is 0.323 e. The number of nitrogens with zero attached hydrogens (tertiary/aromatic N) is 3. The number of hydrogen-bond acceptors (Lipinski definition) is 4. The van der Waals surface area contributed by atoms with Gasteiger partial charge in [0.05, 0.1) is 22.1 Å². The Kier molecular flexibility index (Phi) is 7.02. The van der Waals surface area contributed by atoms with E-state index in [0.717, 1.165) is 16.5 Å². The molecule has 0 unspecified atom stereocenters. The van der Waals surface area contributed by atoms with E-state index < -0.39 is 6.03 Å². The number of rotatable bonds is 6. The van der Waals surface area contributed by atoms with Gasteiger partial charge in [-0.3, -0.25) is 14.5 Å². The van der Waals surface area contributed by atoms with Gasteiger partial charge in [0.2, 0.25) is 0 Å². The number of anilines is 3. The predicted molar refractivity (Wildman–Crippen MR) is 147 cm³/mol. The van der Waals surface area contributed by atoms with Gasteiger partial charge in [0, 0.05) is 40.8 Å². The Morgan fingerprint density at radius 2 is 1.59 bits per heavy atom. The third kappa shape index (κ3) is 5.88. The number of carbonyl (C=O) groups excluding carboxylic acids is 2. The van der Waals surface area contributed by atoms with E-state index in [-0.39, 0.29) is 5.91 Å².